The molecule has 0 atom stereocenters. The minimum atomic E-state index is -4.47. The molecule has 23 heavy (non-hydrogen) atoms. The number of rotatable bonds is 2. The molecule has 0 bridgehead atoms. The predicted octanol–water partition coefficient (Wildman–Crippen LogP) is 3.45. The first-order valence-corrected chi connectivity index (χ1v) is 6.98. The van der Waals surface area contributed by atoms with Crippen LogP contribution in [-0.2, 0) is 6.54 Å². The summed E-state index contributed by atoms with van der Waals surface area (Å²) in [6.45, 7) is -1.31. The minimum Gasteiger partial charge on any atom is -0.306 e. The molecule has 0 saturated heterocycles. The van der Waals surface area contributed by atoms with Gasteiger partial charge in [0.25, 0.3) is 5.56 Å². The van der Waals surface area contributed by atoms with Crippen LogP contribution in [0.2, 0.25) is 10.3 Å². The molecule has 0 amide bonds. The summed E-state index contributed by atoms with van der Waals surface area (Å²) >= 11 is 11.8. The number of nitrogens with zero attached hydrogens (tertiary/aromatic N) is 4. The highest BCUT2D eigenvalue weighted by Crippen LogP contribution is 2.21. The van der Waals surface area contributed by atoms with E-state index in [9.17, 15) is 18.0 Å². The van der Waals surface area contributed by atoms with E-state index in [1.807, 2.05) is 0 Å². The van der Waals surface area contributed by atoms with Gasteiger partial charge in [-0.1, -0.05) is 11.6 Å². The van der Waals surface area contributed by atoms with Gasteiger partial charge in [-0.25, -0.2) is 9.55 Å². The van der Waals surface area contributed by atoms with Crippen LogP contribution < -0.4 is 5.56 Å². The van der Waals surface area contributed by atoms with Crippen molar-refractivity contribution in [3.8, 4) is 5.69 Å². The Bertz CT molecular complexity index is 931. The van der Waals surface area contributed by atoms with E-state index in [0.29, 0.717) is 10.7 Å². The van der Waals surface area contributed by atoms with E-state index >= 15 is 0 Å². The fourth-order valence-corrected chi connectivity index (χ4v) is 2.47. The molecule has 0 saturated carbocycles. The Morgan fingerprint density at radius 2 is 1.78 bits per heavy atom. The lowest BCUT2D eigenvalue weighted by Gasteiger charge is -2.10. The molecule has 3 aromatic rings. The zero-order valence-electron chi connectivity index (χ0n) is 11.2. The summed E-state index contributed by atoms with van der Waals surface area (Å²) in [5, 5.41) is 0.190. The van der Waals surface area contributed by atoms with E-state index in [2.05, 4.69) is 9.97 Å². The first-order chi connectivity index (χ1) is 10.8. The second kappa shape index (κ2) is 5.54. The van der Waals surface area contributed by atoms with Gasteiger partial charge < -0.3 is 4.57 Å². The molecular weight excluding hydrogens is 356 g/mol. The van der Waals surface area contributed by atoms with Gasteiger partial charge in [0, 0.05) is 5.02 Å². The smallest absolute Gasteiger partial charge is 0.306 e. The lowest BCUT2D eigenvalue weighted by Crippen LogP contribution is -2.22. The number of alkyl halides is 3. The topological polar surface area (TPSA) is 52.7 Å². The number of aromatic nitrogens is 4. The van der Waals surface area contributed by atoms with Gasteiger partial charge in [0.1, 0.15) is 6.54 Å². The Labute approximate surface area is 136 Å². The largest absolute Gasteiger partial charge is 0.406 e. The molecule has 3 rings (SSSR count). The van der Waals surface area contributed by atoms with E-state index in [0.717, 1.165) is 15.5 Å². The van der Waals surface area contributed by atoms with Crippen molar-refractivity contribution in [1.82, 2.24) is 19.1 Å². The predicted molar refractivity (Wildman–Crippen MR) is 79.2 cm³/mol. The van der Waals surface area contributed by atoms with Crippen molar-refractivity contribution < 1.29 is 13.2 Å². The summed E-state index contributed by atoms with van der Waals surface area (Å²) in [6.07, 6.45) is -3.55. The second-order valence-corrected chi connectivity index (χ2v) is 5.43. The van der Waals surface area contributed by atoms with Gasteiger partial charge >= 0.3 is 6.18 Å². The standard InChI is InChI=1S/C13H7Cl2F3N4O/c14-7-1-3-8(4-2-7)22-11(23)9-10(20-12(22)15)21(6-19-9)5-13(16,17)18/h1-4,6H,5H2. The van der Waals surface area contributed by atoms with Crippen LogP contribution in [-0.4, -0.2) is 25.3 Å². The van der Waals surface area contributed by atoms with Gasteiger partial charge in [-0.3, -0.25) is 4.79 Å². The molecule has 0 aliphatic rings. The number of imidazole rings is 1. The first-order valence-electron chi connectivity index (χ1n) is 6.22. The molecule has 0 fully saturated rings. The Balaban J connectivity index is 2.20. The molecule has 0 N–H and O–H groups in total. The molecule has 0 aliphatic heterocycles. The Kier molecular flexibility index (Phi) is 3.81. The van der Waals surface area contributed by atoms with Crippen molar-refractivity contribution in [1.29, 1.82) is 0 Å². The Morgan fingerprint density at radius 1 is 1.13 bits per heavy atom. The van der Waals surface area contributed by atoms with Crippen molar-refractivity contribution in [2.75, 3.05) is 0 Å². The molecule has 2 aromatic heterocycles. The van der Waals surface area contributed by atoms with E-state index in [1.165, 1.54) is 12.1 Å². The molecule has 0 spiro atoms. The van der Waals surface area contributed by atoms with Gasteiger partial charge in [0.2, 0.25) is 5.28 Å². The van der Waals surface area contributed by atoms with Crippen LogP contribution in [0.5, 0.6) is 0 Å². The fraction of sp³-hybridized carbons (Fsp3) is 0.154. The van der Waals surface area contributed by atoms with Gasteiger partial charge in [-0.2, -0.15) is 18.2 Å². The van der Waals surface area contributed by atoms with E-state index in [4.69, 9.17) is 23.2 Å². The van der Waals surface area contributed by atoms with Crippen molar-refractivity contribution in [3.63, 3.8) is 0 Å². The van der Waals surface area contributed by atoms with E-state index in [-0.39, 0.29) is 16.4 Å². The van der Waals surface area contributed by atoms with Crippen LogP contribution in [0.15, 0.2) is 35.4 Å². The van der Waals surface area contributed by atoms with Crippen molar-refractivity contribution in [2.45, 2.75) is 12.7 Å². The maximum atomic E-state index is 12.5. The average molecular weight is 363 g/mol. The maximum Gasteiger partial charge on any atom is 0.406 e. The summed E-state index contributed by atoms with van der Waals surface area (Å²) < 4.78 is 39.4. The summed E-state index contributed by atoms with van der Waals surface area (Å²) in [6, 6.07) is 6.17. The normalized spacial score (nSPS) is 12.0. The monoisotopic (exact) mass is 362 g/mol. The summed E-state index contributed by atoms with van der Waals surface area (Å²) in [4.78, 5) is 20.1. The lowest BCUT2D eigenvalue weighted by molar-refractivity contribution is -0.140. The molecule has 0 aliphatic carbocycles. The van der Waals surface area contributed by atoms with Gasteiger partial charge in [-0.15, -0.1) is 0 Å². The van der Waals surface area contributed by atoms with Gasteiger partial charge in [0.15, 0.2) is 11.2 Å². The molecule has 5 nitrogen and oxygen atoms in total. The van der Waals surface area contributed by atoms with Crippen molar-refractivity contribution >= 4 is 34.4 Å². The third-order valence-electron chi connectivity index (χ3n) is 3.03. The number of benzene rings is 1. The number of hydrogen-bond donors (Lipinski definition) is 0. The van der Waals surface area contributed by atoms with Gasteiger partial charge in [0.05, 0.1) is 12.0 Å². The third-order valence-corrected chi connectivity index (χ3v) is 3.54. The van der Waals surface area contributed by atoms with Crippen LogP contribution in [0.25, 0.3) is 16.9 Å². The number of halogens is 5. The van der Waals surface area contributed by atoms with Crippen LogP contribution in [0.1, 0.15) is 0 Å². The van der Waals surface area contributed by atoms with Crippen LogP contribution in [0, 0.1) is 0 Å². The molecule has 2 heterocycles. The number of fused-ring (bicyclic) bond motifs is 1. The van der Waals surface area contributed by atoms with Gasteiger partial charge in [-0.05, 0) is 35.9 Å². The van der Waals surface area contributed by atoms with Crippen molar-refractivity contribution in [2.24, 2.45) is 0 Å². The molecular formula is C13H7Cl2F3N4O. The number of hydrogen-bond acceptors (Lipinski definition) is 3. The summed E-state index contributed by atoms with van der Waals surface area (Å²) in [5.74, 6) is 0. The molecule has 120 valence electrons. The van der Waals surface area contributed by atoms with Crippen LogP contribution >= 0.6 is 23.2 Å². The van der Waals surface area contributed by atoms with E-state index < -0.39 is 18.3 Å². The average Bonchev–Trinajstić information content (AvgIpc) is 2.82. The highest BCUT2D eigenvalue weighted by Gasteiger charge is 2.29. The minimum absolute atomic E-state index is 0.200. The highest BCUT2D eigenvalue weighted by atomic mass is 35.5. The zero-order valence-corrected chi connectivity index (χ0v) is 12.7. The van der Waals surface area contributed by atoms with Crippen LogP contribution in [0.3, 0.4) is 0 Å². The molecule has 10 heteroatoms. The first kappa shape index (κ1) is 15.8. The second-order valence-electron chi connectivity index (χ2n) is 4.66. The maximum absolute atomic E-state index is 12.5. The zero-order chi connectivity index (χ0) is 16.8. The van der Waals surface area contributed by atoms with Crippen LogP contribution in [0.4, 0.5) is 13.2 Å². The summed E-state index contributed by atoms with van der Waals surface area (Å²) in [5.41, 5.74) is -0.705. The third kappa shape index (κ3) is 3.04. The molecule has 0 unspecified atom stereocenters. The quantitative estimate of drug-likeness (QED) is 0.656. The summed E-state index contributed by atoms with van der Waals surface area (Å²) in [7, 11) is 0. The van der Waals surface area contributed by atoms with E-state index in [1.54, 1.807) is 12.1 Å². The highest BCUT2D eigenvalue weighted by molar-refractivity contribution is 6.30. The van der Waals surface area contributed by atoms with Crippen molar-refractivity contribution in [3.05, 3.63) is 51.3 Å². The molecule has 0 radical (unpaired) electrons. The Morgan fingerprint density at radius 3 is 2.39 bits per heavy atom. The SMILES string of the molecule is O=c1c2ncn(CC(F)(F)F)c2nc(Cl)n1-c1ccc(Cl)cc1. The molecule has 1 aromatic carbocycles. The Hall–Kier alpha value is -2.06. The fourth-order valence-electron chi connectivity index (χ4n) is 2.09. The lowest BCUT2D eigenvalue weighted by atomic mass is 10.3.